The zero-order valence-electron chi connectivity index (χ0n) is 9.24. The van der Waals surface area contributed by atoms with E-state index >= 15 is 0 Å². The zero-order valence-corrected chi connectivity index (χ0v) is 9.24. The molecule has 0 bridgehead atoms. The molecule has 88 valence electrons. The van der Waals surface area contributed by atoms with Crippen molar-refractivity contribution in [2.24, 2.45) is 0 Å². The number of hydrogen-bond donors (Lipinski definition) is 2. The fraction of sp³-hybridized carbons (Fsp3) is 0.154. The average molecular weight is 232 g/mol. The Morgan fingerprint density at radius 2 is 2.00 bits per heavy atom. The Balaban J connectivity index is 1.83. The lowest BCUT2D eigenvalue weighted by Gasteiger charge is -2.04. The molecule has 0 atom stereocenters. The van der Waals surface area contributed by atoms with Crippen LogP contribution in [-0.4, -0.2) is 10.9 Å². The van der Waals surface area contributed by atoms with Crippen LogP contribution < -0.4 is 5.32 Å². The van der Waals surface area contributed by atoms with Crippen molar-refractivity contribution in [3.63, 3.8) is 0 Å². The second-order valence-electron chi connectivity index (χ2n) is 3.75. The summed E-state index contributed by atoms with van der Waals surface area (Å²) in [5.74, 6) is -0.388. The minimum Gasteiger partial charge on any atom is -0.365 e. The first-order chi connectivity index (χ1) is 8.24. The van der Waals surface area contributed by atoms with E-state index in [0.29, 0.717) is 18.5 Å². The maximum Gasteiger partial charge on any atom is 0.224 e. The summed E-state index contributed by atoms with van der Waals surface area (Å²) < 4.78 is 12.6. The first-order valence-electron chi connectivity index (χ1n) is 5.42. The van der Waals surface area contributed by atoms with Crippen molar-refractivity contribution >= 4 is 11.6 Å². The van der Waals surface area contributed by atoms with Crippen molar-refractivity contribution < 1.29 is 9.18 Å². The van der Waals surface area contributed by atoms with Gasteiger partial charge < -0.3 is 10.3 Å². The fourth-order valence-corrected chi connectivity index (χ4v) is 1.53. The Bertz CT molecular complexity index is 477. The van der Waals surface area contributed by atoms with Crippen LogP contribution in [-0.2, 0) is 11.2 Å². The number of hydrogen-bond acceptors (Lipinski definition) is 1. The van der Waals surface area contributed by atoms with Crippen LogP contribution in [0.2, 0.25) is 0 Å². The Morgan fingerprint density at radius 3 is 2.65 bits per heavy atom. The minimum atomic E-state index is -0.311. The molecule has 1 aromatic heterocycles. The molecule has 2 N–H and O–H groups in total. The summed E-state index contributed by atoms with van der Waals surface area (Å²) in [5.41, 5.74) is 1.64. The van der Waals surface area contributed by atoms with Crippen molar-refractivity contribution in [2.75, 3.05) is 5.32 Å². The van der Waals surface area contributed by atoms with Gasteiger partial charge in [0.15, 0.2) is 0 Å². The third kappa shape index (κ3) is 3.45. The molecular weight excluding hydrogens is 219 g/mol. The molecule has 0 radical (unpaired) electrons. The summed E-state index contributed by atoms with van der Waals surface area (Å²) in [6.45, 7) is 0. The standard InChI is InChI=1S/C13H13FN2O/c14-10-3-5-12(6-4-10)16-13(17)8-7-11-2-1-9-15-11/h1-6,9,15H,7-8H2,(H,16,17). The van der Waals surface area contributed by atoms with Crippen molar-refractivity contribution in [3.05, 3.63) is 54.1 Å². The van der Waals surface area contributed by atoms with Gasteiger partial charge in [-0.15, -0.1) is 0 Å². The van der Waals surface area contributed by atoms with E-state index in [1.807, 2.05) is 18.3 Å². The SMILES string of the molecule is O=C(CCc1ccc[nH]1)Nc1ccc(F)cc1. The minimum absolute atomic E-state index is 0.0776. The monoisotopic (exact) mass is 232 g/mol. The summed E-state index contributed by atoms with van der Waals surface area (Å²) in [5, 5.41) is 2.71. The number of aryl methyl sites for hydroxylation is 1. The molecule has 0 aliphatic rings. The van der Waals surface area contributed by atoms with E-state index in [1.165, 1.54) is 12.1 Å². The van der Waals surface area contributed by atoms with Crippen LogP contribution in [0, 0.1) is 5.82 Å². The van der Waals surface area contributed by atoms with Crippen LogP contribution in [0.3, 0.4) is 0 Å². The Kier molecular flexibility index (Phi) is 3.55. The topological polar surface area (TPSA) is 44.9 Å². The van der Waals surface area contributed by atoms with Gasteiger partial charge in [0.2, 0.25) is 5.91 Å². The average Bonchev–Trinajstić information content (AvgIpc) is 2.83. The lowest BCUT2D eigenvalue weighted by Crippen LogP contribution is -2.12. The molecule has 0 aliphatic carbocycles. The number of amides is 1. The third-order valence-corrected chi connectivity index (χ3v) is 2.41. The van der Waals surface area contributed by atoms with E-state index in [-0.39, 0.29) is 11.7 Å². The summed E-state index contributed by atoms with van der Waals surface area (Å²) in [4.78, 5) is 14.6. The predicted molar refractivity (Wildman–Crippen MR) is 64.1 cm³/mol. The molecule has 0 aliphatic heterocycles. The number of anilines is 1. The first kappa shape index (κ1) is 11.4. The van der Waals surface area contributed by atoms with E-state index < -0.39 is 0 Å². The van der Waals surface area contributed by atoms with Gasteiger partial charge in [-0.1, -0.05) is 0 Å². The van der Waals surface area contributed by atoms with Crippen LogP contribution in [0.1, 0.15) is 12.1 Å². The van der Waals surface area contributed by atoms with Crippen LogP contribution in [0.25, 0.3) is 0 Å². The van der Waals surface area contributed by atoms with Gasteiger partial charge in [-0.2, -0.15) is 0 Å². The van der Waals surface area contributed by atoms with Gasteiger partial charge >= 0.3 is 0 Å². The molecule has 1 heterocycles. The van der Waals surface area contributed by atoms with E-state index in [4.69, 9.17) is 0 Å². The molecule has 1 amide bonds. The number of H-pyrrole nitrogens is 1. The van der Waals surface area contributed by atoms with Crippen molar-refractivity contribution in [1.29, 1.82) is 0 Å². The maximum atomic E-state index is 12.6. The van der Waals surface area contributed by atoms with Gasteiger partial charge in [0.05, 0.1) is 0 Å². The second-order valence-corrected chi connectivity index (χ2v) is 3.75. The second kappa shape index (κ2) is 5.30. The molecule has 0 fully saturated rings. The highest BCUT2D eigenvalue weighted by Gasteiger charge is 2.03. The fourth-order valence-electron chi connectivity index (χ4n) is 1.53. The van der Waals surface area contributed by atoms with E-state index in [9.17, 15) is 9.18 Å². The van der Waals surface area contributed by atoms with Crippen molar-refractivity contribution in [1.82, 2.24) is 4.98 Å². The molecule has 0 unspecified atom stereocenters. The molecule has 4 heteroatoms. The van der Waals surface area contributed by atoms with E-state index in [1.54, 1.807) is 12.1 Å². The molecule has 0 saturated heterocycles. The molecule has 0 saturated carbocycles. The lowest BCUT2D eigenvalue weighted by atomic mass is 10.2. The van der Waals surface area contributed by atoms with Gasteiger partial charge in [0.1, 0.15) is 5.82 Å². The Morgan fingerprint density at radius 1 is 1.24 bits per heavy atom. The van der Waals surface area contributed by atoms with Gasteiger partial charge in [-0.05, 0) is 42.8 Å². The number of aromatic nitrogens is 1. The number of carbonyl (C=O) groups is 1. The molecule has 2 rings (SSSR count). The van der Waals surface area contributed by atoms with Gasteiger partial charge in [-0.25, -0.2) is 4.39 Å². The number of carbonyl (C=O) groups excluding carboxylic acids is 1. The quantitative estimate of drug-likeness (QED) is 0.836. The van der Waals surface area contributed by atoms with E-state index in [0.717, 1.165) is 5.69 Å². The summed E-state index contributed by atoms with van der Waals surface area (Å²) in [6, 6.07) is 9.56. The first-order valence-corrected chi connectivity index (χ1v) is 5.42. The smallest absolute Gasteiger partial charge is 0.224 e. The predicted octanol–water partition coefficient (Wildman–Crippen LogP) is 2.73. The van der Waals surface area contributed by atoms with Crippen molar-refractivity contribution in [3.8, 4) is 0 Å². The number of aromatic amines is 1. The van der Waals surface area contributed by atoms with Crippen LogP contribution in [0.4, 0.5) is 10.1 Å². The highest BCUT2D eigenvalue weighted by atomic mass is 19.1. The highest BCUT2D eigenvalue weighted by molar-refractivity contribution is 5.90. The number of halogens is 1. The van der Waals surface area contributed by atoms with Crippen LogP contribution in [0.5, 0.6) is 0 Å². The molecule has 1 aromatic carbocycles. The maximum absolute atomic E-state index is 12.6. The lowest BCUT2D eigenvalue weighted by molar-refractivity contribution is -0.116. The zero-order chi connectivity index (χ0) is 12.1. The van der Waals surface area contributed by atoms with Gasteiger partial charge in [0.25, 0.3) is 0 Å². The van der Waals surface area contributed by atoms with E-state index in [2.05, 4.69) is 10.3 Å². The van der Waals surface area contributed by atoms with Gasteiger partial charge in [-0.3, -0.25) is 4.79 Å². The molecule has 3 nitrogen and oxygen atoms in total. The molecule has 17 heavy (non-hydrogen) atoms. The number of benzene rings is 1. The summed E-state index contributed by atoms with van der Waals surface area (Å²) in [7, 11) is 0. The van der Waals surface area contributed by atoms with Gasteiger partial charge in [0, 0.05) is 24.0 Å². The summed E-state index contributed by atoms with van der Waals surface area (Å²) in [6.07, 6.45) is 2.89. The molecule has 0 spiro atoms. The summed E-state index contributed by atoms with van der Waals surface area (Å²) >= 11 is 0. The molecule has 2 aromatic rings. The van der Waals surface area contributed by atoms with Crippen LogP contribution in [0.15, 0.2) is 42.6 Å². The Hall–Kier alpha value is -2.10. The van der Waals surface area contributed by atoms with Crippen LogP contribution >= 0.6 is 0 Å². The Labute approximate surface area is 98.7 Å². The van der Waals surface area contributed by atoms with Crippen molar-refractivity contribution in [2.45, 2.75) is 12.8 Å². The third-order valence-electron chi connectivity index (χ3n) is 2.41. The largest absolute Gasteiger partial charge is 0.365 e. The number of rotatable bonds is 4. The molecular formula is C13H13FN2O. The highest BCUT2D eigenvalue weighted by Crippen LogP contribution is 2.09. The number of nitrogens with one attached hydrogen (secondary N) is 2. The normalized spacial score (nSPS) is 10.2.